The number of hydrogen-bond acceptors (Lipinski definition) is 7. The van der Waals surface area contributed by atoms with Gasteiger partial charge in [-0.3, -0.25) is 0 Å². The van der Waals surface area contributed by atoms with Crippen molar-refractivity contribution < 1.29 is 52.7 Å². The van der Waals surface area contributed by atoms with E-state index in [0.717, 1.165) is 36.4 Å². The van der Waals surface area contributed by atoms with Gasteiger partial charge in [0.15, 0.2) is 0 Å². The summed E-state index contributed by atoms with van der Waals surface area (Å²) in [5.41, 5.74) is -7.33. The molecule has 0 bridgehead atoms. The first-order valence-corrected chi connectivity index (χ1v) is 27.6. The maximum absolute atomic E-state index is 14.8. The molecule has 3 aliphatic rings. The van der Waals surface area contributed by atoms with Crippen LogP contribution in [0.4, 0.5) is 52.7 Å². The molecule has 3 aromatic carbocycles. The molecular formula is C59H70F12N10. The lowest BCUT2D eigenvalue weighted by atomic mass is 9.48. The Morgan fingerprint density at radius 3 is 0.901 bits per heavy atom. The Kier molecular flexibility index (Phi) is 16.6. The van der Waals surface area contributed by atoms with E-state index < -0.39 is 74.5 Å². The van der Waals surface area contributed by atoms with Crippen LogP contribution in [0.1, 0.15) is 132 Å². The summed E-state index contributed by atoms with van der Waals surface area (Å²) in [5.74, 6) is -2.70. The van der Waals surface area contributed by atoms with Crippen LogP contribution in [-0.4, -0.2) is 80.5 Å². The fourth-order valence-electron chi connectivity index (χ4n) is 14.4. The minimum Gasteiger partial charge on any atom is -0.333 e. The van der Waals surface area contributed by atoms with Crippen LogP contribution in [-0.2, 0) is 38.2 Å². The molecule has 3 aromatic heterocycles. The predicted molar refractivity (Wildman–Crippen MR) is 286 cm³/mol. The Balaban J connectivity index is 1.22. The molecule has 0 saturated carbocycles. The third kappa shape index (κ3) is 11.9. The molecule has 3 saturated heterocycles. The highest BCUT2D eigenvalue weighted by Crippen LogP contribution is 2.57. The molecule has 22 heteroatoms. The fraction of sp³-hybridized carbons (Fsp3) is 0.542. The molecule has 0 aliphatic carbocycles. The smallest absolute Gasteiger partial charge is 0.333 e. The molecule has 0 unspecified atom stereocenters. The van der Waals surface area contributed by atoms with E-state index in [0.29, 0.717) is 95.3 Å². The molecule has 4 N–H and O–H groups in total. The number of nitrogens with one attached hydrogen (secondary N) is 4. The van der Waals surface area contributed by atoms with Crippen LogP contribution in [0.2, 0.25) is 0 Å². The third-order valence-corrected chi connectivity index (χ3v) is 17.4. The van der Waals surface area contributed by atoms with E-state index in [1.807, 2.05) is 20.7 Å². The summed E-state index contributed by atoms with van der Waals surface area (Å²) in [6, 6.07) is 8.53. The zero-order valence-electron chi connectivity index (χ0n) is 46.5. The van der Waals surface area contributed by atoms with Crippen molar-refractivity contribution >= 4 is 0 Å². The van der Waals surface area contributed by atoms with Crippen molar-refractivity contribution in [2.24, 2.45) is 16.2 Å². The Morgan fingerprint density at radius 1 is 0.432 bits per heavy atom. The summed E-state index contributed by atoms with van der Waals surface area (Å²) in [7, 11) is 1.85. The lowest BCUT2D eigenvalue weighted by molar-refractivity contribution is -0.140. The number of rotatable bonds is 16. The lowest BCUT2D eigenvalue weighted by Crippen LogP contribution is -2.73. The average Bonchev–Trinajstić information content (AvgIpc) is 4.02. The van der Waals surface area contributed by atoms with Gasteiger partial charge in [0, 0.05) is 94.5 Å². The van der Waals surface area contributed by atoms with Crippen molar-refractivity contribution in [1.29, 1.82) is 0 Å². The zero-order valence-corrected chi connectivity index (χ0v) is 46.5. The Labute approximate surface area is 463 Å². The summed E-state index contributed by atoms with van der Waals surface area (Å²) in [4.78, 5) is 15.2. The monoisotopic (exact) mass is 1150 g/mol. The second-order valence-corrected chi connectivity index (χ2v) is 24.1. The fourth-order valence-corrected chi connectivity index (χ4v) is 14.4. The average molecular weight is 1150 g/mol. The van der Waals surface area contributed by atoms with Crippen LogP contribution < -0.4 is 21.3 Å². The molecule has 6 heterocycles. The van der Waals surface area contributed by atoms with Gasteiger partial charge in [0.25, 0.3) is 0 Å². The summed E-state index contributed by atoms with van der Waals surface area (Å²) >= 11 is 0. The Hall–Kier alpha value is -5.71. The Morgan fingerprint density at radius 2 is 0.679 bits per heavy atom. The summed E-state index contributed by atoms with van der Waals surface area (Å²) in [5, 5.41) is 14.0. The number of alkyl halides is 9. The van der Waals surface area contributed by atoms with Crippen molar-refractivity contribution in [2.75, 3.05) is 46.3 Å². The molecule has 9 rings (SSSR count). The molecule has 81 heavy (non-hydrogen) atoms. The van der Waals surface area contributed by atoms with Crippen LogP contribution in [0.3, 0.4) is 0 Å². The maximum Gasteiger partial charge on any atom is 0.419 e. The van der Waals surface area contributed by atoms with E-state index in [1.54, 1.807) is 18.6 Å². The van der Waals surface area contributed by atoms with Gasteiger partial charge in [0.2, 0.25) is 0 Å². The topological polar surface area (TPSA) is 102 Å². The van der Waals surface area contributed by atoms with Gasteiger partial charge in [0.05, 0.1) is 33.8 Å². The molecule has 3 fully saturated rings. The second-order valence-electron chi connectivity index (χ2n) is 24.1. The first-order chi connectivity index (χ1) is 37.9. The molecule has 0 radical (unpaired) electrons. The number of halogens is 12. The van der Waals surface area contributed by atoms with Crippen molar-refractivity contribution in [2.45, 2.75) is 142 Å². The van der Waals surface area contributed by atoms with Crippen LogP contribution in [0.15, 0.2) is 73.2 Å². The van der Waals surface area contributed by atoms with Gasteiger partial charge in [-0.2, -0.15) is 39.5 Å². The van der Waals surface area contributed by atoms with Gasteiger partial charge < -0.3 is 35.0 Å². The summed E-state index contributed by atoms with van der Waals surface area (Å²) in [6.07, 6.45) is -5.75. The quantitative estimate of drug-likeness (QED) is 0.0716. The molecule has 0 amide bonds. The molecule has 440 valence electrons. The standard InChI is InChI=1S/C59H70F12N10/c1-53(2,32-79-29-47(76-50(79)35-14-20-73-21-15-35)38-8-11-44(60)41(26-38)56(63,64)65)59(72-7,54(3,4)33-80-30-48(77-51(80)36-16-22-74-23-17-36)39-9-12-45(61)42(27-39)57(66,67)68)55(5,6)34-81-31-49(78-52(81)37-18-24-75-25-19-37)40-10-13-46(62)43(28-40)58(69,70)71/h8-13,26-31,35-37,72-75H,14-25,32-34H2,1-7H3. The van der Waals surface area contributed by atoms with Crippen molar-refractivity contribution in [1.82, 2.24) is 49.9 Å². The Bertz CT molecular complexity index is 2850. The number of aromatic nitrogens is 6. The number of imidazole rings is 3. The van der Waals surface area contributed by atoms with Crippen molar-refractivity contribution in [3.05, 3.63) is 125 Å². The molecule has 6 aromatic rings. The number of benzene rings is 3. The first-order valence-electron chi connectivity index (χ1n) is 27.6. The van der Waals surface area contributed by atoms with E-state index in [9.17, 15) is 52.7 Å². The van der Waals surface area contributed by atoms with E-state index in [2.05, 4.69) is 62.8 Å². The van der Waals surface area contributed by atoms with E-state index in [1.165, 1.54) is 18.2 Å². The van der Waals surface area contributed by atoms with Crippen LogP contribution in [0.5, 0.6) is 0 Å². The summed E-state index contributed by atoms with van der Waals surface area (Å²) in [6.45, 7) is 17.1. The molecule has 0 atom stereocenters. The van der Waals surface area contributed by atoms with Gasteiger partial charge in [-0.15, -0.1) is 0 Å². The van der Waals surface area contributed by atoms with Gasteiger partial charge >= 0.3 is 18.5 Å². The minimum atomic E-state index is -4.98. The van der Waals surface area contributed by atoms with E-state index in [-0.39, 0.29) is 71.2 Å². The van der Waals surface area contributed by atoms with Gasteiger partial charge in [0.1, 0.15) is 34.9 Å². The molecular weight excluding hydrogens is 1080 g/mol. The van der Waals surface area contributed by atoms with Crippen LogP contribution in [0.25, 0.3) is 33.8 Å². The van der Waals surface area contributed by atoms with Crippen molar-refractivity contribution in [3.63, 3.8) is 0 Å². The summed E-state index contributed by atoms with van der Waals surface area (Å²) < 4.78 is 178. The second kappa shape index (κ2) is 22.5. The maximum atomic E-state index is 14.8. The van der Waals surface area contributed by atoms with Gasteiger partial charge in [-0.25, -0.2) is 28.1 Å². The predicted octanol–water partition coefficient (Wildman–Crippen LogP) is 13.6. The minimum absolute atomic E-state index is 0.0748. The largest absolute Gasteiger partial charge is 0.419 e. The highest BCUT2D eigenvalue weighted by molar-refractivity contribution is 5.62. The molecule has 10 nitrogen and oxygen atoms in total. The lowest BCUT2D eigenvalue weighted by Gasteiger charge is -2.64. The van der Waals surface area contributed by atoms with Crippen molar-refractivity contribution in [3.8, 4) is 33.8 Å². The zero-order chi connectivity index (χ0) is 58.7. The molecule has 0 spiro atoms. The van der Waals surface area contributed by atoms with Gasteiger partial charge in [-0.1, -0.05) is 41.5 Å². The SMILES string of the molecule is CNC(C(C)(C)Cn1cc(-c2ccc(F)c(C(F)(F)F)c2)nc1C1CCNCC1)(C(C)(C)Cn1cc(-c2ccc(F)c(C(F)(F)F)c2)nc1C1CCNCC1)C(C)(C)Cn1cc(-c2ccc(F)c(C(F)(F)F)c2)nc1C1CCNCC1. The highest BCUT2D eigenvalue weighted by atomic mass is 19.4. The normalized spacial score (nSPS) is 17.4. The number of hydrogen-bond donors (Lipinski definition) is 4. The first kappa shape index (κ1) is 59.9. The highest BCUT2D eigenvalue weighted by Gasteiger charge is 2.62. The number of piperidine rings is 3. The molecule has 3 aliphatic heterocycles. The van der Waals surface area contributed by atoms with Crippen LogP contribution >= 0.6 is 0 Å². The van der Waals surface area contributed by atoms with E-state index in [4.69, 9.17) is 15.0 Å². The third-order valence-electron chi connectivity index (χ3n) is 17.4. The number of nitrogens with zero attached hydrogens (tertiary/aromatic N) is 6. The van der Waals surface area contributed by atoms with E-state index >= 15 is 0 Å². The van der Waals surface area contributed by atoms with Crippen LogP contribution in [0, 0.1) is 33.7 Å². The van der Waals surface area contributed by atoms with Gasteiger partial charge in [-0.05, 0) is 139 Å².